The van der Waals surface area contributed by atoms with Gasteiger partial charge in [-0.05, 0) is 20.8 Å². The molecule has 0 fully saturated rings. The summed E-state index contributed by atoms with van der Waals surface area (Å²) in [5.74, 6) is 0. The standard InChI is InChI=1S/C5H11NO2S/c1-4(2)5(3)9(6,7)8/h1-3H3,(H2,6,7,8). The summed E-state index contributed by atoms with van der Waals surface area (Å²) in [5, 5.41) is 4.79. The van der Waals surface area contributed by atoms with Gasteiger partial charge in [-0.25, -0.2) is 13.6 Å². The van der Waals surface area contributed by atoms with Crippen LogP contribution in [0.1, 0.15) is 20.8 Å². The van der Waals surface area contributed by atoms with Gasteiger partial charge in [-0.15, -0.1) is 0 Å². The smallest absolute Gasteiger partial charge is 0.225 e. The van der Waals surface area contributed by atoms with Gasteiger partial charge in [-0.3, -0.25) is 0 Å². The molecule has 0 rings (SSSR count). The van der Waals surface area contributed by atoms with Gasteiger partial charge in [-0.2, -0.15) is 0 Å². The molecule has 0 heterocycles. The Morgan fingerprint density at radius 3 is 1.56 bits per heavy atom. The van der Waals surface area contributed by atoms with E-state index in [-0.39, 0.29) is 4.91 Å². The van der Waals surface area contributed by atoms with E-state index in [0.717, 1.165) is 5.57 Å². The van der Waals surface area contributed by atoms with E-state index >= 15 is 0 Å². The number of hydrogen-bond acceptors (Lipinski definition) is 2. The first-order valence-electron chi connectivity index (χ1n) is 2.52. The van der Waals surface area contributed by atoms with E-state index in [4.69, 9.17) is 5.14 Å². The molecule has 0 aromatic carbocycles. The predicted octanol–water partition coefficient (Wildman–Crippen LogP) is 0.589. The number of nitrogens with two attached hydrogens (primary N) is 1. The highest BCUT2D eigenvalue weighted by Crippen LogP contribution is 2.05. The summed E-state index contributed by atoms with van der Waals surface area (Å²) in [7, 11) is -3.42. The molecule has 9 heavy (non-hydrogen) atoms. The fourth-order valence-electron chi connectivity index (χ4n) is 0.285. The summed E-state index contributed by atoms with van der Waals surface area (Å²) in [6, 6.07) is 0. The van der Waals surface area contributed by atoms with E-state index in [1.165, 1.54) is 6.92 Å². The van der Waals surface area contributed by atoms with Gasteiger partial charge >= 0.3 is 0 Å². The van der Waals surface area contributed by atoms with Crippen molar-refractivity contribution in [2.45, 2.75) is 20.8 Å². The number of sulfonamides is 1. The molecule has 0 aromatic rings. The Bertz CT molecular complexity index is 221. The summed E-state index contributed by atoms with van der Waals surface area (Å²) in [4.78, 5) is 0.252. The number of primary sulfonamides is 1. The van der Waals surface area contributed by atoms with Crippen LogP contribution in [0.5, 0.6) is 0 Å². The van der Waals surface area contributed by atoms with Gasteiger partial charge in [0, 0.05) is 0 Å². The van der Waals surface area contributed by atoms with Crippen LogP contribution in [0.25, 0.3) is 0 Å². The lowest BCUT2D eigenvalue weighted by atomic mass is 10.3. The van der Waals surface area contributed by atoms with Crippen LogP contribution in [0.4, 0.5) is 0 Å². The van der Waals surface area contributed by atoms with Crippen molar-refractivity contribution in [3.63, 3.8) is 0 Å². The first-order valence-corrected chi connectivity index (χ1v) is 4.07. The molecule has 0 saturated carbocycles. The average molecular weight is 149 g/mol. The second-order valence-corrected chi connectivity index (χ2v) is 3.80. The van der Waals surface area contributed by atoms with E-state index in [2.05, 4.69) is 0 Å². The Morgan fingerprint density at radius 2 is 1.56 bits per heavy atom. The van der Waals surface area contributed by atoms with Gasteiger partial charge in [0.15, 0.2) is 0 Å². The lowest BCUT2D eigenvalue weighted by molar-refractivity contribution is 0.603. The molecule has 2 N–H and O–H groups in total. The molecule has 0 saturated heterocycles. The second-order valence-electron chi connectivity index (χ2n) is 2.10. The first-order chi connectivity index (χ1) is 3.85. The van der Waals surface area contributed by atoms with Gasteiger partial charge in [0.1, 0.15) is 0 Å². The normalized spacial score (nSPS) is 11.1. The van der Waals surface area contributed by atoms with Crippen LogP contribution in [0.2, 0.25) is 0 Å². The molecule has 4 heteroatoms. The maximum atomic E-state index is 10.5. The predicted molar refractivity (Wildman–Crippen MR) is 37.2 cm³/mol. The highest BCUT2D eigenvalue weighted by molar-refractivity contribution is 7.93. The van der Waals surface area contributed by atoms with Crippen LogP contribution >= 0.6 is 0 Å². The van der Waals surface area contributed by atoms with Crippen LogP contribution in [0.3, 0.4) is 0 Å². The van der Waals surface area contributed by atoms with Crippen molar-refractivity contribution < 1.29 is 8.42 Å². The molecule has 0 atom stereocenters. The van der Waals surface area contributed by atoms with Crippen LogP contribution in [0, 0.1) is 0 Å². The molecule has 0 aromatic heterocycles. The summed E-state index contributed by atoms with van der Waals surface area (Å²) >= 11 is 0. The monoisotopic (exact) mass is 149 g/mol. The summed E-state index contributed by atoms with van der Waals surface area (Å²) in [6.45, 7) is 4.91. The minimum absolute atomic E-state index is 0.252. The van der Waals surface area contributed by atoms with Gasteiger partial charge in [-0.1, -0.05) is 5.57 Å². The zero-order chi connectivity index (χ0) is 7.65. The van der Waals surface area contributed by atoms with Crippen molar-refractivity contribution in [2.24, 2.45) is 5.14 Å². The van der Waals surface area contributed by atoms with Crippen molar-refractivity contribution in [2.75, 3.05) is 0 Å². The molecule has 3 nitrogen and oxygen atoms in total. The SMILES string of the molecule is CC(C)=C(C)S(N)(=O)=O. The molecule has 54 valence electrons. The molecule has 0 aliphatic heterocycles. The highest BCUT2D eigenvalue weighted by atomic mass is 32.2. The molecule has 0 aliphatic rings. The van der Waals surface area contributed by atoms with Crippen LogP contribution in [-0.2, 0) is 10.0 Å². The Labute approximate surface area is 55.6 Å². The Kier molecular flexibility index (Phi) is 2.40. The van der Waals surface area contributed by atoms with E-state index in [1.807, 2.05) is 0 Å². The van der Waals surface area contributed by atoms with Gasteiger partial charge in [0.25, 0.3) is 0 Å². The van der Waals surface area contributed by atoms with E-state index in [0.29, 0.717) is 0 Å². The maximum absolute atomic E-state index is 10.5. The van der Waals surface area contributed by atoms with Gasteiger partial charge in [0.2, 0.25) is 10.0 Å². The van der Waals surface area contributed by atoms with Crippen molar-refractivity contribution in [1.82, 2.24) is 0 Å². The molecule has 0 bridgehead atoms. The van der Waals surface area contributed by atoms with Crippen LogP contribution < -0.4 is 5.14 Å². The second kappa shape index (κ2) is 2.49. The van der Waals surface area contributed by atoms with Crippen molar-refractivity contribution in [3.8, 4) is 0 Å². The van der Waals surface area contributed by atoms with Crippen molar-refractivity contribution in [3.05, 3.63) is 10.5 Å². The molecule has 0 unspecified atom stereocenters. The van der Waals surface area contributed by atoms with Crippen molar-refractivity contribution in [1.29, 1.82) is 0 Å². The first kappa shape index (κ1) is 8.65. The lowest BCUT2D eigenvalue weighted by Crippen LogP contribution is -2.13. The number of allylic oxidation sites excluding steroid dienone is 2. The van der Waals surface area contributed by atoms with Crippen LogP contribution in [0.15, 0.2) is 10.5 Å². The minimum Gasteiger partial charge on any atom is -0.225 e. The topological polar surface area (TPSA) is 60.2 Å². The van der Waals surface area contributed by atoms with E-state index in [1.54, 1.807) is 13.8 Å². The van der Waals surface area contributed by atoms with E-state index < -0.39 is 10.0 Å². The Morgan fingerprint density at radius 1 is 1.22 bits per heavy atom. The minimum atomic E-state index is -3.42. The fraction of sp³-hybridized carbons (Fsp3) is 0.600. The number of hydrogen-bond donors (Lipinski definition) is 1. The number of rotatable bonds is 1. The summed E-state index contributed by atoms with van der Waals surface area (Å²) < 4.78 is 21.0. The van der Waals surface area contributed by atoms with Crippen molar-refractivity contribution >= 4 is 10.0 Å². The molecule has 0 amide bonds. The highest BCUT2D eigenvalue weighted by Gasteiger charge is 2.05. The zero-order valence-corrected chi connectivity index (χ0v) is 6.62. The molecule has 0 aliphatic carbocycles. The Balaban J connectivity index is 4.86. The molecule has 0 radical (unpaired) electrons. The molecular weight excluding hydrogens is 138 g/mol. The Hall–Kier alpha value is -0.350. The summed E-state index contributed by atoms with van der Waals surface area (Å²) in [6.07, 6.45) is 0. The lowest BCUT2D eigenvalue weighted by Gasteiger charge is -1.97. The third-order valence-electron chi connectivity index (χ3n) is 1.13. The zero-order valence-electron chi connectivity index (χ0n) is 5.80. The van der Waals surface area contributed by atoms with Crippen LogP contribution in [-0.4, -0.2) is 8.42 Å². The van der Waals surface area contributed by atoms with Gasteiger partial charge in [0.05, 0.1) is 4.91 Å². The molecule has 0 spiro atoms. The summed E-state index contributed by atoms with van der Waals surface area (Å²) in [5.41, 5.74) is 0.734. The quantitative estimate of drug-likeness (QED) is 0.593. The average Bonchev–Trinajstić information content (AvgIpc) is 1.62. The fourth-order valence-corrected chi connectivity index (χ4v) is 0.854. The molecular formula is C5H11NO2S. The largest absolute Gasteiger partial charge is 0.233 e. The van der Waals surface area contributed by atoms with E-state index in [9.17, 15) is 8.42 Å². The third-order valence-corrected chi connectivity index (χ3v) is 2.39. The third kappa shape index (κ3) is 2.62. The van der Waals surface area contributed by atoms with Gasteiger partial charge < -0.3 is 0 Å². The maximum Gasteiger partial charge on any atom is 0.233 e.